The van der Waals surface area contributed by atoms with Gasteiger partial charge in [-0.1, -0.05) is 26.7 Å². The van der Waals surface area contributed by atoms with Gasteiger partial charge in [-0.05, 0) is 25.3 Å². The van der Waals surface area contributed by atoms with E-state index < -0.39 is 0 Å². The van der Waals surface area contributed by atoms with Gasteiger partial charge in [-0.3, -0.25) is 0 Å². The third-order valence-corrected chi connectivity index (χ3v) is 3.29. The lowest BCUT2D eigenvalue weighted by Gasteiger charge is -2.37. The summed E-state index contributed by atoms with van der Waals surface area (Å²) in [6.07, 6.45) is 5.34. The van der Waals surface area contributed by atoms with Crippen molar-refractivity contribution >= 4 is 0 Å². The van der Waals surface area contributed by atoms with Gasteiger partial charge in [0.15, 0.2) is 0 Å². The maximum Gasteiger partial charge on any atom is 0.0184 e. The molecule has 2 unspecified atom stereocenters. The molecule has 0 saturated heterocycles. The molecule has 0 aromatic carbocycles. The first-order valence-electron chi connectivity index (χ1n) is 5.97. The van der Waals surface area contributed by atoms with Crippen LogP contribution in [0, 0.1) is 5.92 Å². The Hall–Kier alpha value is -0.500. The molecule has 0 amide bonds. The van der Waals surface area contributed by atoms with Crippen molar-refractivity contribution in [2.24, 2.45) is 11.7 Å². The fourth-order valence-electron chi connectivity index (χ4n) is 2.45. The van der Waals surface area contributed by atoms with Crippen LogP contribution in [0.2, 0.25) is 0 Å². The van der Waals surface area contributed by atoms with Crippen LogP contribution >= 0.6 is 0 Å². The van der Waals surface area contributed by atoms with E-state index in [4.69, 9.17) is 5.73 Å². The van der Waals surface area contributed by atoms with Crippen LogP contribution in [0.4, 0.5) is 0 Å². The molecule has 0 spiro atoms. The highest BCUT2D eigenvalue weighted by Gasteiger charge is 2.30. The summed E-state index contributed by atoms with van der Waals surface area (Å²) in [7, 11) is 0. The van der Waals surface area contributed by atoms with Crippen LogP contribution in [-0.2, 0) is 0 Å². The Bertz CT molecular complexity index is 208. The van der Waals surface area contributed by atoms with Crippen LogP contribution in [0.1, 0.15) is 46.5 Å². The zero-order chi connectivity index (χ0) is 10.6. The first kappa shape index (κ1) is 11.6. The van der Waals surface area contributed by atoms with E-state index in [2.05, 4.69) is 12.2 Å². The van der Waals surface area contributed by atoms with Gasteiger partial charge in [-0.15, -0.1) is 0 Å². The summed E-state index contributed by atoms with van der Waals surface area (Å²) in [5.74, 6) is 0.646. The first-order chi connectivity index (χ1) is 6.79. The fourth-order valence-corrected chi connectivity index (χ4v) is 2.45. The summed E-state index contributed by atoms with van der Waals surface area (Å²) in [6, 6.07) is 0.683. The first-order valence-corrected chi connectivity index (χ1v) is 5.97. The van der Waals surface area contributed by atoms with Gasteiger partial charge in [0.05, 0.1) is 0 Å². The number of rotatable bonds is 0. The largest absolute Gasteiger partial charge is 0.402 e. The Morgan fingerprint density at radius 2 is 1.86 bits per heavy atom. The molecule has 1 saturated carbocycles. The molecule has 2 nitrogen and oxygen atoms in total. The van der Waals surface area contributed by atoms with Crippen LogP contribution in [0.25, 0.3) is 0 Å². The Kier molecular flexibility index (Phi) is 4.46. The molecule has 2 aliphatic rings. The minimum absolute atomic E-state index is 0.646. The molecule has 14 heavy (non-hydrogen) atoms. The summed E-state index contributed by atoms with van der Waals surface area (Å²) < 4.78 is 0. The zero-order valence-electron chi connectivity index (χ0n) is 9.77. The van der Waals surface area contributed by atoms with Gasteiger partial charge in [0, 0.05) is 24.2 Å². The normalized spacial score (nSPS) is 31.6. The average Bonchev–Trinajstić information content (AvgIpc) is 2.27. The number of nitrogens with two attached hydrogens (primary N) is 1. The number of fused-ring (bicyclic) bond motifs is 1. The molecule has 0 radical (unpaired) electrons. The minimum atomic E-state index is 0.646. The van der Waals surface area contributed by atoms with Crippen molar-refractivity contribution in [2.45, 2.75) is 52.5 Å². The summed E-state index contributed by atoms with van der Waals surface area (Å²) in [6.45, 7) is 7.15. The van der Waals surface area contributed by atoms with Crippen molar-refractivity contribution in [3.8, 4) is 0 Å². The molecular weight excluding hydrogens is 172 g/mol. The quantitative estimate of drug-likeness (QED) is 0.624. The average molecular weight is 196 g/mol. The molecule has 1 heterocycles. The van der Waals surface area contributed by atoms with Gasteiger partial charge in [0.1, 0.15) is 0 Å². The number of nitrogens with one attached hydrogen (secondary N) is 1. The standard InChI is InChI=1S/C10H18N2.C2H6/c1-7-6-12-9-5-3-2-4-8(9)10(7)11;1-2/h8-9,12H,2-6,11H2,1H3;1-2H3. The van der Waals surface area contributed by atoms with Crippen molar-refractivity contribution in [1.82, 2.24) is 5.32 Å². The maximum absolute atomic E-state index is 6.07. The van der Waals surface area contributed by atoms with Crippen molar-refractivity contribution in [3.05, 3.63) is 11.3 Å². The molecule has 1 aliphatic heterocycles. The molecule has 2 atom stereocenters. The summed E-state index contributed by atoms with van der Waals surface area (Å²) in [4.78, 5) is 0. The van der Waals surface area contributed by atoms with E-state index in [9.17, 15) is 0 Å². The number of hydrogen-bond acceptors (Lipinski definition) is 2. The monoisotopic (exact) mass is 196 g/mol. The molecule has 0 bridgehead atoms. The van der Waals surface area contributed by atoms with E-state index >= 15 is 0 Å². The minimum Gasteiger partial charge on any atom is -0.402 e. The van der Waals surface area contributed by atoms with Crippen LogP contribution in [0.5, 0.6) is 0 Å². The third kappa shape index (κ3) is 2.30. The SMILES string of the molecule is CC.CC1=C(N)C2CCCCC2NC1. The summed E-state index contributed by atoms with van der Waals surface area (Å²) in [5.41, 5.74) is 8.61. The highest BCUT2D eigenvalue weighted by molar-refractivity contribution is 5.19. The molecule has 0 aromatic heterocycles. The molecule has 3 N–H and O–H groups in total. The fraction of sp³-hybridized carbons (Fsp3) is 0.833. The second kappa shape index (κ2) is 5.40. The second-order valence-electron chi connectivity index (χ2n) is 4.11. The predicted molar refractivity (Wildman–Crippen MR) is 62.0 cm³/mol. The van der Waals surface area contributed by atoms with Gasteiger partial charge in [-0.2, -0.15) is 0 Å². The lowest BCUT2D eigenvalue weighted by molar-refractivity contribution is 0.283. The molecule has 1 fully saturated rings. The summed E-state index contributed by atoms with van der Waals surface area (Å²) in [5, 5.41) is 3.56. The van der Waals surface area contributed by atoms with Crippen LogP contribution in [0.15, 0.2) is 11.3 Å². The van der Waals surface area contributed by atoms with E-state index in [-0.39, 0.29) is 0 Å². The Morgan fingerprint density at radius 3 is 2.57 bits per heavy atom. The van der Waals surface area contributed by atoms with Crippen LogP contribution in [0.3, 0.4) is 0 Å². The van der Waals surface area contributed by atoms with Crippen molar-refractivity contribution < 1.29 is 0 Å². The van der Waals surface area contributed by atoms with E-state index in [1.807, 2.05) is 13.8 Å². The van der Waals surface area contributed by atoms with Gasteiger partial charge < -0.3 is 11.1 Å². The lowest BCUT2D eigenvalue weighted by Crippen LogP contribution is -2.46. The smallest absolute Gasteiger partial charge is 0.0184 e. The van der Waals surface area contributed by atoms with Crippen molar-refractivity contribution in [2.75, 3.05) is 6.54 Å². The summed E-state index contributed by atoms with van der Waals surface area (Å²) >= 11 is 0. The second-order valence-corrected chi connectivity index (χ2v) is 4.11. The topological polar surface area (TPSA) is 38.0 Å². The Balaban J connectivity index is 0.000000461. The van der Waals surface area contributed by atoms with Crippen molar-refractivity contribution in [1.29, 1.82) is 0 Å². The van der Waals surface area contributed by atoms with E-state index in [0.717, 1.165) is 6.54 Å². The van der Waals surface area contributed by atoms with Gasteiger partial charge in [-0.25, -0.2) is 0 Å². The molecule has 2 heteroatoms. The Morgan fingerprint density at radius 1 is 1.21 bits per heavy atom. The predicted octanol–water partition coefficient (Wildman–Crippen LogP) is 2.41. The van der Waals surface area contributed by atoms with Crippen LogP contribution < -0.4 is 11.1 Å². The van der Waals surface area contributed by atoms with E-state index in [0.29, 0.717) is 12.0 Å². The van der Waals surface area contributed by atoms with Crippen molar-refractivity contribution in [3.63, 3.8) is 0 Å². The third-order valence-electron chi connectivity index (χ3n) is 3.29. The van der Waals surface area contributed by atoms with E-state index in [1.165, 1.54) is 37.0 Å². The molecule has 2 rings (SSSR count). The highest BCUT2D eigenvalue weighted by atomic mass is 14.9. The maximum atomic E-state index is 6.07. The van der Waals surface area contributed by atoms with E-state index in [1.54, 1.807) is 0 Å². The number of hydrogen-bond donors (Lipinski definition) is 2. The van der Waals surface area contributed by atoms with Gasteiger partial charge in [0.25, 0.3) is 0 Å². The van der Waals surface area contributed by atoms with Crippen LogP contribution in [-0.4, -0.2) is 12.6 Å². The molecular formula is C12H24N2. The molecule has 1 aliphatic carbocycles. The highest BCUT2D eigenvalue weighted by Crippen LogP contribution is 2.31. The van der Waals surface area contributed by atoms with Gasteiger partial charge in [0.2, 0.25) is 0 Å². The van der Waals surface area contributed by atoms with Gasteiger partial charge >= 0.3 is 0 Å². The molecule has 82 valence electrons. The molecule has 0 aromatic rings. The lowest BCUT2D eigenvalue weighted by atomic mass is 9.79. The Labute approximate surface area is 87.9 Å². The zero-order valence-corrected chi connectivity index (χ0v) is 9.77.